The van der Waals surface area contributed by atoms with E-state index in [2.05, 4.69) is 6.07 Å². The molecule has 2 N–H and O–H groups in total. The Morgan fingerprint density at radius 2 is 2.11 bits per heavy atom. The van der Waals surface area contributed by atoms with Crippen LogP contribution >= 0.6 is 11.8 Å². The van der Waals surface area contributed by atoms with Gasteiger partial charge in [-0.2, -0.15) is 0 Å². The van der Waals surface area contributed by atoms with Gasteiger partial charge >= 0.3 is 0 Å². The lowest BCUT2D eigenvalue weighted by atomic mass is 10.1. The monoisotopic (exact) mass is 263 g/mol. The first kappa shape index (κ1) is 13.1. The second-order valence-corrected chi connectivity index (χ2v) is 5.05. The lowest BCUT2D eigenvalue weighted by Crippen LogP contribution is -2.10. The Balaban J connectivity index is 2.08. The van der Waals surface area contributed by atoms with Crippen LogP contribution in [0.2, 0.25) is 0 Å². The van der Waals surface area contributed by atoms with E-state index in [4.69, 9.17) is 14.9 Å². The molecule has 1 heterocycles. The number of hydrogen-bond acceptors (Lipinski definition) is 4. The molecule has 0 fully saturated rings. The molecule has 0 saturated heterocycles. The average Bonchev–Trinajstić information content (AvgIpc) is 2.93. The van der Waals surface area contributed by atoms with E-state index in [9.17, 15) is 0 Å². The highest BCUT2D eigenvalue weighted by Gasteiger charge is 2.15. The van der Waals surface area contributed by atoms with Gasteiger partial charge in [-0.3, -0.25) is 0 Å². The minimum absolute atomic E-state index is 0.214. The summed E-state index contributed by atoms with van der Waals surface area (Å²) in [6.45, 7) is 0.575. The van der Waals surface area contributed by atoms with Gasteiger partial charge in [-0.25, -0.2) is 0 Å². The van der Waals surface area contributed by atoms with E-state index in [0.29, 0.717) is 6.54 Å². The summed E-state index contributed by atoms with van der Waals surface area (Å²) in [7, 11) is 1.68. The summed E-state index contributed by atoms with van der Waals surface area (Å²) >= 11 is 1.76. The maximum atomic E-state index is 5.86. The zero-order chi connectivity index (χ0) is 12.8. The van der Waals surface area contributed by atoms with Crippen LogP contribution in [0.25, 0.3) is 0 Å². The van der Waals surface area contributed by atoms with Gasteiger partial charge in [0.15, 0.2) is 0 Å². The molecule has 0 aliphatic heterocycles. The standard InChI is InChI=1S/C14H17NO2S/c1-16-13-7-3-2-6-12(13)14(9-15)18-10-11-5-4-8-17-11/h2-8,14H,9-10,15H2,1H3. The summed E-state index contributed by atoms with van der Waals surface area (Å²) in [5.74, 6) is 2.67. The lowest BCUT2D eigenvalue weighted by molar-refractivity contribution is 0.409. The van der Waals surface area contributed by atoms with E-state index < -0.39 is 0 Å². The largest absolute Gasteiger partial charge is 0.496 e. The number of furan rings is 1. The third-order valence-electron chi connectivity index (χ3n) is 2.71. The number of thioether (sulfide) groups is 1. The highest BCUT2D eigenvalue weighted by Crippen LogP contribution is 2.35. The maximum Gasteiger partial charge on any atom is 0.123 e. The number of para-hydroxylation sites is 1. The minimum atomic E-state index is 0.214. The highest BCUT2D eigenvalue weighted by atomic mass is 32.2. The zero-order valence-corrected chi connectivity index (χ0v) is 11.2. The van der Waals surface area contributed by atoms with E-state index >= 15 is 0 Å². The summed E-state index contributed by atoms with van der Waals surface area (Å²) in [5.41, 5.74) is 7.00. The van der Waals surface area contributed by atoms with Crippen molar-refractivity contribution in [2.24, 2.45) is 5.73 Å². The Morgan fingerprint density at radius 1 is 1.28 bits per heavy atom. The molecular weight excluding hydrogens is 246 g/mol. The van der Waals surface area contributed by atoms with Crippen molar-refractivity contribution in [3.8, 4) is 5.75 Å². The first-order valence-electron chi connectivity index (χ1n) is 5.82. The van der Waals surface area contributed by atoms with Gasteiger partial charge in [0.1, 0.15) is 11.5 Å². The molecule has 0 radical (unpaired) electrons. The first-order chi connectivity index (χ1) is 8.85. The molecule has 0 aliphatic carbocycles. The summed E-state index contributed by atoms with van der Waals surface area (Å²) < 4.78 is 10.7. The van der Waals surface area contributed by atoms with Crippen LogP contribution in [0.3, 0.4) is 0 Å². The molecule has 1 unspecified atom stereocenters. The molecule has 1 atom stereocenters. The fraction of sp³-hybridized carbons (Fsp3) is 0.286. The quantitative estimate of drug-likeness (QED) is 0.869. The topological polar surface area (TPSA) is 48.4 Å². The Labute approximate surface area is 111 Å². The normalized spacial score (nSPS) is 12.3. The van der Waals surface area contributed by atoms with Gasteiger partial charge < -0.3 is 14.9 Å². The van der Waals surface area contributed by atoms with Gasteiger partial charge in [-0.05, 0) is 18.2 Å². The fourth-order valence-electron chi connectivity index (χ4n) is 1.79. The van der Waals surface area contributed by atoms with Crippen LogP contribution in [0.1, 0.15) is 16.6 Å². The molecule has 0 amide bonds. The van der Waals surface area contributed by atoms with E-state index in [1.54, 1.807) is 25.1 Å². The van der Waals surface area contributed by atoms with Crippen LogP contribution in [-0.2, 0) is 5.75 Å². The molecule has 1 aromatic heterocycles. The van der Waals surface area contributed by atoms with Crippen molar-refractivity contribution in [3.63, 3.8) is 0 Å². The second-order valence-electron chi connectivity index (χ2n) is 3.86. The van der Waals surface area contributed by atoms with E-state index in [1.165, 1.54) is 0 Å². The fourth-order valence-corrected chi connectivity index (χ4v) is 2.83. The van der Waals surface area contributed by atoms with Crippen LogP contribution in [-0.4, -0.2) is 13.7 Å². The molecule has 4 heteroatoms. The molecule has 2 rings (SSSR count). The summed E-state index contributed by atoms with van der Waals surface area (Å²) in [5, 5.41) is 0.214. The predicted octanol–water partition coefficient (Wildman–Crippen LogP) is 3.22. The van der Waals surface area contributed by atoms with Crippen LogP contribution in [0, 0.1) is 0 Å². The Bertz CT molecular complexity index is 470. The van der Waals surface area contributed by atoms with Crippen molar-refractivity contribution < 1.29 is 9.15 Å². The maximum absolute atomic E-state index is 5.86. The molecule has 96 valence electrons. The molecule has 0 spiro atoms. The highest BCUT2D eigenvalue weighted by molar-refractivity contribution is 7.98. The van der Waals surface area contributed by atoms with Crippen LogP contribution in [0.4, 0.5) is 0 Å². The third kappa shape index (κ3) is 3.09. The Hall–Kier alpha value is -1.39. The molecular formula is C14H17NO2S. The molecule has 0 aliphatic rings. The number of rotatable bonds is 6. The predicted molar refractivity (Wildman–Crippen MR) is 74.8 cm³/mol. The van der Waals surface area contributed by atoms with Crippen LogP contribution in [0.15, 0.2) is 47.1 Å². The van der Waals surface area contributed by atoms with Crippen molar-refractivity contribution in [2.45, 2.75) is 11.0 Å². The molecule has 18 heavy (non-hydrogen) atoms. The molecule has 1 aromatic carbocycles. The summed E-state index contributed by atoms with van der Waals surface area (Å²) in [6.07, 6.45) is 1.69. The van der Waals surface area contributed by atoms with Crippen molar-refractivity contribution in [1.82, 2.24) is 0 Å². The Morgan fingerprint density at radius 3 is 2.78 bits per heavy atom. The third-order valence-corrected chi connectivity index (χ3v) is 4.01. The minimum Gasteiger partial charge on any atom is -0.496 e. The van der Waals surface area contributed by atoms with Crippen molar-refractivity contribution >= 4 is 11.8 Å². The lowest BCUT2D eigenvalue weighted by Gasteiger charge is -2.17. The van der Waals surface area contributed by atoms with Gasteiger partial charge in [0.2, 0.25) is 0 Å². The van der Waals surface area contributed by atoms with Crippen molar-refractivity contribution in [3.05, 3.63) is 54.0 Å². The van der Waals surface area contributed by atoms with Gasteiger partial charge in [0, 0.05) is 17.4 Å². The summed E-state index contributed by atoms with van der Waals surface area (Å²) in [6, 6.07) is 11.9. The molecule has 0 bridgehead atoms. The number of benzene rings is 1. The van der Waals surface area contributed by atoms with E-state index in [-0.39, 0.29) is 5.25 Å². The van der Waals surface area contributed by atoms with Gasteiger partial charge in [-0.1, -0.05) is 18.2 Å². The Kier molecular flexibility index (Phi) is 4.73. The number of ether oxygens (including phenoxy) is 1. The van der Waals surface area contributed by atoms with Gasteiger partial charge in [0.05, 0.1) is 19.1 Å². The second kappa shape index (κ2) is 6.52. The van der Waals surface area contributed by atoms with Crippen molar-refractivity contribution in [2.75, 3.05) is 13.7 Å². The molecule has 2 aromatic rings. The van der Waals surface area contributed by atoms with Gasteiger partial charge in [-0.15, -0.1) is 11.8 Å². The first-order valence-corrected chi connectivity index (χ1v) is 6.87. The SMILES string of the molecule is COc1ccccc1C(CN)SCc1ccco1. The number of nitrogens with two attached hydrogens (primary N) is 1. The van der Waals surface area contributed by atoms with E-state index in [0.717, 1.165) is 22.8 Å². The van der Waals surface area contributed by atoms with Crippen LogP contribution in [0.5, 0.6) is 5.75 Å². The van der Waals surface area contributed by atoms with E-state index in [1.807, 2.05) is 30.3 Å². The summed E-state index contributed by atoms with van der Waals surface area (Å²) in [4.78, 5) is 0. The van der Waals surface area contributed by atoms with Crippen molar-refractivity contribution in [1.29, 1.82) is 0 Å². The molecule has 3 nitrogen and oxygen atoms in total. The smallest absolute Gasteiger partial charge is 0.123 e. The number of methoxy groups -OCH3 is 1. The zero-order valence-electron chi connectivity index (χ0n) is 10.3. The van der Waals surface area contributed by atoms with Gasteiger partial charge in [0.25, 0.3) is 0 Å². The average molecular weight is 263 g/mol. The van der Waals surface area contributed by atoms with Crippen LogP contribution < -0.4 is 10.5 Å². The molecule has 0 saturated carbocycles. The number of hydrogen-bond donors (Lipinski definition) is 1.